The van der Waals surface area contributed by atoms with Gasteiger partial charge < -0.3 is 15.4 Å². The number of ether oxygens (including phenoxy) is 1. The lowest BCUT2D eigenvalue weighted by Gasteiger charge is -2.62. The minimum atomic E-state index is -0.452. The highest BCUT2D eigenvalue weighted by molar-refractivity contribution is 5.72. The molecule has 6 nitrogen and oxygen atoms in total. The lowest BCUT2D eigenvalue weighted by Crippen LogP contribution is -2.78. The van der Waals surface area contributed by atoms with E-state index in [0.29, 0.717) is 5.82 Å². The molecule has 0 aliphatic carbocycles. The molecule has 3 heterocycles. The van der Waals surface area contributed by atoms with Gasteiger partial charge in [-0.25, -0.2) is 9.78 Å². The van der Waals surface area contributed by atoms with Crippen molar-refractivity contribution in [2.45, 2.75) is 38.3 Å². The minimum Gasteiger partial charge on any atom is -0.444 e. The molecule has 3 rings (SSSR count). The Morgan fingerprint density at radius 2 is 2.10 bits per heavy atom. The molecular weight excluding hydrogens is 268 g/mol. The molecule has 0 atom stereocenters. The topological polar surface area (TPSA) is 71.7 Å². The number of amides is 1. The molecule has 0 radical (unpaired) electrons. The smallest absolute Gasteiger partial charge is 0.410 e. The summed E-state index contributed by atoms with van der Waals surface area (Å²) in [7, 11) is 0. The zero-order valence-electron chi connectivity index (χ0n) is 12.8. The van der Waals surface area contributed by atoms with Crippen LogP contribution in [0.15, 0.2) is 18.2 Å². The monoisotopic (exact) mass is 290 g/mol. The Hall–Kier alpha value is -1.98. The first-order chi connectivity index (χ1) is 9.79. The van der Waals surface area contributed by atoms with Gasteiger partial charge in [0, 0.05) is 19.6 Å². The van der Waals surface area contributed by atoms with Crippen LogP contribution in [0.5, 0.6) is 0 Å². The number of hydrogen-bond donors (Lipinski definition) is 1. The molecule has 1 amide bonds. The van der Waals surface area contributed by atoms with Crippen molar-refractivity contribution >= 4 is 17.7 Å². The molecule has 1 aromatic heterocycles. The predicted octanol–water partition coefficient (Wildman–Crippen LogP) is 1.86. The number of nitrogens with zero attached hydrogens (tertiary/aromatic N) is 3. The molecule has 0 saturated carbocycles. The zero-order chi connectivity index (χ0) is 15.3. The largest absolute Gasteiger partial charge is 0.444 e. The molecule has 2 fully saturated rings. The molecule has 2 saturated heterocycles. The van der Waals surface area contributed by atoms with Crippen LogP contribution < -0.4 is 10.6 Å². The molecule has 0 unspecified atom stereocenters. The van der Waals surface area contributed by atoms with Crippen LogP contribution in [-0.2, 0) is 4.74 Å². The molecule has 2 aliphatic heterocycles. The highest BCUT2D eigenvalue weighted by atomic mass is 16.6. The molecular formula is C15H22N4O2. The van der Waals surface area contributed by atoms with Crippen LogP contribution in [0.4, 0.5) is 16.4 Å². The summed E-state index contributed by atoms with van der Waals surface area (Å²) in [4.78, 5) is 20.5. The molecule has 2 N–H and O–H groups in total. The Morgan fingerprint density at radius 1 is 1.38 bits per heavy atom. The third-order valence-corrected chi connectivity index (χ3v) is 4.04. The molecule has 0 aromatic carbocycles. The molecule has 2 aliphatic rings. The summed E-state index contributed by atoms with van der Waals surface area (Å²) in [5.41, 5.74) is 5.19. The van der Waals surface area contributed by atoms with Crippen molar-refractivity contribution in [1.82, 2.24) is 9.88 Å². The van der Waals surface area contributed by atoms with Crippen molar-refractivity contribution in [3.05, 3.63) is 18.2 Å². The number of hydrogen-bond acceptors (Lipinski definition) is 5. The second-order valence-corrected chi connectivity index (χ2v) is 6.88. The Balaban J connectivity index is 1.63. The number of anilines is 2. The van der Waals surface area contributed by atoms with Crippen LogP contribution in [0.1, 0.15) is 27.2 Å². The Labute approximate surface area is 124 Å². The first-order valence-corrected chi connectivity index (χ1v) is 7.27. The number of pyridine rings is 1. The van der Waals surface area contributed by atoms with Gasteiger partial charge in [-0.2, -0.15) is 0 Å². The van der Waals surface area contributed by atoms with E-state index in [4.69, 9.17) is 10.5 Å². The van der Waals surface area contributed by atoms with Gasteiger partial charge in [-0.05, 0) is 39.3 Å². The summed E-state index contributed by atoms with van der Waals surface area (Å²) < 4.78 is 5.47. The number of aromatic nitrogens is 1. The van der Waals surface area contributed by atoms with E-state index in [1.54, 1.807) is 6.07 Å². The van der Waals surface area contributed by atoms with E-state index in [-0.39, 0.29) is 11.6 Å². The number of carbonyl (C=O) groups is 1. The maximum absolute atomic E-state index is 12.2. The van der Waals surface area contributed by atoms with E-state index in [1.807, 2.05) is 37.8 Å². The predicted molar refractivity (Wildman–Crippen MR) is 81.2 cm³/mol. The number of carbonyl (C=O) groups excluding carboxylic acids is 1. The van der Waals surface area contributed by atoms with Crippen LogP contribution in [-0.4, -0.2) is 46.8 Å². The van der Waals surface area contributed by atoms with E-state index in [2.05, 4.69) is 9.88 Å². The van der Waals surface area contributed by atoms with Crippen LogP contribution in [0.2, 0.25) is 0 Å². The van der Waals surface area contributed by atoms with Crippen LogP contribution >= 0.6 is 0 Å². The number of rotatable bonds is 1. The molecule has 114 valence electrons. The summed E-state index contributed by atoms with van der Waals surface area (Å²) in [5, 5.41) is 0. The fraction of sp³-hybridized carbons (Fsp3) is 0.600. The number of nitrogens with two attached hydrogens (primary N) is 1. The van der Waals surface area contributed by atoms with Crippen molar-refractivity contribution in [1.29, 1.82) is 0 Å². The lowest BCUT2D eigenvalue weighted by atomic mass is 9.78. The van der Waals surface area contributed by atoms with Crippen molar-refractivity contribution in [3.63, 3.8) is 0 Å². The van der Waals surface area contributed by atoms with E-state index in [9.17, 15) is 4.79 Å². The standard InChI is InChI=1S/C15H22N4O2/c1-14(2,3)21-13(20)19-8-7-15(19)9-18(10-15)12-6-4-5-11(16)17-12/h4-6H,7-10H2,1-3H3,(H2,16,17). The third-order valence-electron chi connectivity index (χ3n) is 4.04. The first-order valence-electron chi connectivity index (χ1n) is 7.27. The van der Waals surface area contributed by atoms with Gasteiger partial charge in [0.2, 0.25) is 0 Å². The van der Waals surface area contributed by atoms with Crippen molar-refractivity contribution in [2.24, 2.45) is 0 Å². The van der Waals surface area contributed by atoms with Gasteiger partial charge in [-0.3, -0.25) is 4.90 Å². The van der Waals surface area contributed by atoms with Crippen molar-refractivity contribution in [3.8, 4) is 0 Å². The summed E-state index contributed by atoms with van der Waals surface area (Å²) >= 11 is 0. The number of likely N-dealkylation sites (tertiary alicyclic amines) is 1. The SMILES string of the molecule is CC(C)(C)OC(=O)N1CCC12CN(c1cccc(N)n1)C2. The molecule has 6 heteroatoms. The second-order valence-electron chi connectivity index (χ2n) is 6.88. The Kier molecular flexibility index (Phi) is 3.00. The first kappa shape index (κ1) is 14.0. The van der Waals surface area contributed by atoms with Crippen LogP contribution in [0, 0.1) is 0 Å². The number of nitrogen functional groups attached to an aromatic ring is 1. The quantitative estimate of drug-likeness (QED) is 0.855. The van der Waals surface area contributed by atoms with E-state index < -0.39 is 5.60 Å². The van der Waals surface area contributed by atoms with Crippen molar-refractivity contribution in [2.75, 3.05) is 30.3 Å². The van der Waals surface area contributed by atoms with Gasteiger partial charge in [0.25, 0.3) is 0 Å². The van der Waals surface area contributed by atoms with E-state index in [0.717, 1.165) is 31.9 Å². The van der Waals surface area contributed by atoms with Gasteiger partial charge in [-0.15, -0.1) is 0 Å². The Morgan fingerprint density at radius 3 is 2.62 bits per heavy atom. The van der Waals surface area contributed by atoms with Gasteiger partial charge in [0.15, 0.2) is 0 Å². The zero-order valence-corrected chi connectivity index (χ0v) is 12.8. The Bertz CT molecular complexity index is 561. The average Bonchev–Trinajstić information content (AvgIpc) is 2.22. The summed E-state index contributed by atoms with van der Waals surface area (Å²) in [5.74, 6) is 1.39. The lowest BCUT2D eigenvalue weighted by molar-refractivity contribution is -0.0562. The van der Waals surface area contributed by atoms with Gasteiger partial charge in [0.05, 0.1) is 5.54 Å². The maximum Gasteiger partial charge on any atom is 0.410 e. The normalized spacial score (nSPS) is 20.0. The average molecular weight is 290 g/mol. The second kappa shape index (κ2) is 4.51. The summed E-state index contributed by atoms with van der Waals surface area (Å²) in [6, 6.07) is 5.62. The van der Waals surface area contributed by atoms with Crippen molar-refractivity contribution < 1.29 is 9.53 Å². The summed E-state index contributed by atoms with van der Waals surface area (Å²) in [6.45, 7) is 8.03. The third kappa shape index (κ3) is 2.50. The van der Waals surface area contributed by atoms with Crippen LogP contribution in [0.25, 0.3) is 0 Å². The van der Waals surface area contributed by atoms with Gasteiger partial charge in [0.1, 0.15) is 17.2 Å². The molecule has 21 heavy (non-hydrogen) atoms. The van der Waals surface area contributed by atoms with E-state index in [1.165, 1.54) is 0 Å². The van der Waals surface area contributed by atoms with E-state index >= 15 is 0 Å². The maximum atomic E-state index is 12.2. The van der Waals surface area contributed by atoms with Gasteiger partial charge in [-0.1, -0.05) is 6.07 Å². The van der Waals surface area contributed by atoms with Crippen LogP contribution in [0.3, 0.4) is 0 Å². The highest BCUT2D eigenvalue weighted by Crippen LogP contribution is 2.41. The fourth-order valence-corrected chi connectivity index (χ4v) is 2.91. The highest BCUT2D eigenvalue weighted by Gasteiger charge is 2.56. The minimum absolute atomic E-state index is 0.0748. The molecule has 1 aromatic rings. The summed E-state index contributed by atoms with van der Waals surface area (Å²) in [6.07, 6.45) is 0.805. The fourth-order valence-electron chi connectivity index (χ4n) is 2.91. The molecule has 1 spiro atoms. The molecule has 0 bridgehead atoms. The van der Waals surface area contributed by atoms with Gasteiger partial charge >= 0.3 is 6.09 Å².